The number of benzene rings is 1. The van der Waals surface area contributed by atoms with Crippen molar-refractivity contribution in [1.29, 1.82) is 0 Å². The van der Waals surface area contributed by atoms with Crippen molar-refractivity contribution in [2.24, 2.45) is 0 Å². The van der Waals surface area contributed by atoms with E-state index in [4.69, 9.17) is 23.7 Å². The predicted molar refractivity (Wildman–Crippen MR) is 122 cm³/mol. The van der Waals surface area contributed by atoms with E-state index in [-0.39, 0.29) is 28.4 Å². The van der Waals surface area contributed by atoms with E-state index in [0.717, 1.165) is 11.3 Å². The summed E-state index contributed by atoms with van der Waals surface area (Å²) in [4.78, 5) is 38.4. The largest absolute Gasteiger partial charge is 0.493 e. The van der Waals surface area contributed by atoms with Crippen LogP contribution in [0.15, 0.2) is 12.1 Å². The van der Waals surface area contributed by atoms with E-state index in [1.165, 1.54) is 14.2 Å². The summed E-state index contributed by atoms with van der Waals surface area (Å²) in [6, 6.07) is 3.34. The molecule has 1 aromatic carbocycles. The van der Waals surface area contributed by atoms with Gasteiger partial charge in [0.05, 0.1) is 26.4 Å². The van der Waals surface area contributed by atoms with Gasteiger partial charge in [0, 0.05) is 5.56 Å². The highest BCUT2D eigenvalue weighted by atomic mass is 32.1. The first-order valence-corrected chi connectivity index (χ1v) is 11.1. The van der Waals surface area contributed by atoms with Gasteiger partial charge in [-0.1, -0.05) is 0 Å². The molecular weight excluding hydrogens is 450 g/mol. The third-order valence-electron chi connectivity index (χ3n) is 4.76. The van der Waals surface area contributed by atoms with Crippen molar-refractivity contribution >= 4 is 34.2 Å². The number of carbonyl (C=O) groups is 3. The molecule has 2 heterocycles. The molecule has 3 rings (SSSR count). The molecule has 10 heteroatoms. The topological polar surface area (TPSA) is 109 Å². The summed E-state index contributed by atoms with van der Waals surface area (Å²) in [5, 5.41) is 3.40. The molecular formula is C23H27NO8S. The van der Waals surface area contributed by atoms with Gasteiger partial charge in [0.15, 0.2) is 11.5 Å². The molecule has 0 bridgehead atoms. The van der Waals surface area contributed by atoms with Gasteiger partial charge in [-0.3, -0.25) is 0 Å². The average Bonchev–Trinajstić information content (AvgIpc) is 3.23. The average molecular weight is 478 g/mol. The smallest absolute Gasteiger partial charge is 0.349 e. The lowest BCUT2D eigenvalue weighted by Crippen LogP contribution is -2.23. The van der Waals surface area contributed by atoms with Gasteiger partial charge in [0.1, 0.15) is 21.0 Å². The summed E-state index contributed by atoms with van der Waals surface area (Å²) in [5.74, 6) is -1.11. The quantitative estimate of drug-likeness (QED) is 0.456. The molecule has 2 aromatic rings. The van der Waals surface area contributed by atoms with Crippen LogP contribution in [0.25, 0.3) is 0 Å². The van der Waals surface area contributed by atoms with Crippen molar-refractivity contribution in [2.45, 2.75) is 46.4 Å². The number of ether oxygens (including phenoxy) is 5. The number of cyclic esters (lactones) is 1. The highest BCUT2D eigenvalue weighted by molar-refractivity contribution is 7.18. The van der Waals surface area contributed by atoms with Gasteiger partial charge in [-0.05, 0) is 52.3 Å². The number of anilines is 1. The van der Waals surface area contributed by atoms with Crippen LogP contribution in [0, 0.1) is 6.92 Å². The van der Waals surface area contributed by atoms with Gasteiger partial charge < -0.3 is 29.0 Å². The Hall–Kier alpha value is -3.27. The molecule has 1 atom stereocenters. The molecule has 33 heavy (non-hydrogen) atoms. The van der Waals surface area contributed by atoms with E-state index in [1.807, 2.05) is 0 Å². The maximum Gasteiger partial charge on any atom is 0.349 e. The number of thiophene rings is 1. The van der Waals surface area contributed by atoms with Gasteiger partial charge in [-0.15, -0.1) is 11.3 Å². The molecule has 1 aliphatic heterocycles. The van der Waals surface area contributed by atoms with Crippen molar-refractivity contribution in [3.63, 3.8) is 0 Å². The molecule has 9 nitrogen and oxygen atoms in total. The van der Waals surface area contributed by atoms with Crippen molar-refractivity contribution in [3.05, 3.63) is 39.3 Å². The molecule has 0 fully saturated rings. The highest BCUT2D eigenvalue weighted by Gasteiger charge is 2.38. The summed E-state index contributed by atoms with van der Waals surface area (Å²) in [5.41, 5.74) is 0.644. The van der Waals surface area contributed by atoms with E-state index in [9.17, 15) is 14.4 Å². The number of methoxy groups -OCH3 is 2. The van der Waals surface area contributed by atoms with E-state index in [1.54, 1.807) is 46.8 Å². The van der Waals surface area contributed by atoms with Gasteiger partial charge in [0.2, 0.25) is 6.23 Å². The Morgan fingerprint density at radius 1 is 1.15 bits per heavy atom. The third kappa shape index (κ3) is 4.75. The number of fused-ring (bicyclic) bond motifs is 1. The van der Waals surface area contributed by atoms with Crippen molar-refractivity contribution in [2.75, 3.05) is 26.1 Å². The summed E-state index contributed by atoms with van der Waals surface area (Å²) in [6.07, 6.45) is -0.912. The SMILES string of the molecule is CCOC(=O)c1c(N[C@H]2OC(=O)c3c2ccc(OC)c3OC)sc(C(=O)OC(C)(C)C)c1C. The van der Waals surface area contributed by atoms with Gasteiger partial charge in [-0.25, -0.2) is 14.4 Å². The van der Waals surface area contributed by atoms with Crippen LogP contribution in [0.2, 0.25) is 0 Å². The lowest BCUT2D eigenvalue weighted by Gasteiger charge is -2.19. The van der Waals surface area contributed by atoms with Crippen LogP contribution in [-0.4, -0.2) is 44.3 Å². The predicted octanol–water partition coefficient (Wildman–Crippen LogP) is 4.49. The van der Waals surface area contributed by atoms with E-state index in [2.05, 4.69) is 5.32 Å². The minimum absolute atomic E-state index is 0.160. The summed E-state index contributed by atoms with van der Waals surface area (Å²) >= 11 is 1.04. The Balaban J connectivity index is 2.04. The molecule has 0 spiro atoms. The second kappa shape index (κ2) is 9.30. The summed E-state index contributed by atoms with van der Waals surface area (Å²) < 4.78 is 26.8. The van der Waals surface area contributed by atoms with Crippen LogP contribution in [0.3, 0.4) is 0 Å². The van der Waals surface area contributed by atoms with Crippen molar-refractivity contribution in [1.82, 2.24) is 0 Å². The molecule has 1 N–H and O–H groups in total. The second-order valence-corrected chi connectivity index (χ2v) is 9.20. The first-order chi connectivity index (χ1) is 15.5. The van der Waals surface area contributed by atoms with Crippen molar-refractivity contribution in [3.8, 4) is 11.5 Å². The van der Waals surface area contributed by atoms with Crippen LogP contribution >= 0.6 is 11.3 Å². The van der Waals surface area contributed by atoms with Crippen LogP contribution in [0.4, 0.5) is 5.00 Å². The highest BCUT2D eigenvalue weighted by Crippen LogP contribution is 2.44. The second-order valence-electron chi connectivity index (χ2n) is 8.18. The number of esters is 3. The maximum absolute atomic E-state index is 12.8. The Morgan fingerprint density at radius 2 is 1.85 bits per heavy atom. The third-order valence-corrected chi connectivity index (χ3v) is 5.97. The minimum atomic E-state index is -0.912. The molecule has 0 aliphatic carbocycles. The van der Waals surface area contributed by atoms with Crippen LogP contribution in [-0.2, 0) is 14.2 Å². The number of carbonyl (C=O) groups excluding carboxylic acids is 3. The number of rotatable bonds is 7. The van der Waals surface area contributed by atoms with Crippen LogP contribution in [0.1, 0.15) is 75.4 Å². The number of hydrogen-bond donors (Lipinski definition) is 1. The standard InChI is InChI=1S/C23H27NO8S/c1-8-30-20(25)14-11(2)17(22(27)32-23(3,4)5)33-19(14)24-18-12-9-10-13(28-6)16(29-7)15(12)21(26)31-18/h9-10,18,24H,8H2,1-7H3/t18-/m0/s1. The fourth-order valence-electron chi connectivity index (χ4n) is 3.41. The van der Waals surface area contributed by atoms with Gasteiger partial charge in [0.25, 0.3) is 0 Å². The molecule has 0 amide bonds. The Kier molecular flexibility index (Phi) is 6.87. The molecule has 178 valence electrons. The summed E-state index contributed by atoms with van der Waals surface area (Å²) in [6.45, 7) is 8.78. The molecule has 0 radical (unpaired) electrons. The molecule has 1 aromatic heterocycles. The molecule has 1 aliphatic rings. The first-order valence-electron chi connectivity index (χ1n) is 10.3. The number of nitrogens with one attached hydrogen (secondary N) is 1. The zero-order valence-corrected chi connectivity index (χ0v) is 20.4. The maximum atomic E-state index is 12.8. The van der Waals surface area contributed by atoms with Crippen LogP contribution < -0.4 is 14.8 Å². The monoisotopic (exact) mass is 477 g/mol. The van der Waals surface area contributed by atoms with Gasteiger partial charge >= 0.3 is 17.9 Å². The summed E-state index contributed by atoms with van der Waals surface area (Å²) in [7, 11) is 2.90. The Labute approximate surface area is 195 Å². The zero-order valence-electron chi connectivity index (χ0n) is 19.6. The molecule has 0 unspecified atom stereocenters. The molecule has 0 saturated carbocycles. The minimum Gasteiger partial charge on any atom is -0.493 e. The lowest BCUT2D eigenvalue weighted by atomic mass is 10.1. The fourth-order valence-corrected chi connectivity index (χ4v) is 4.50. The lowest BCUT2D eigenvalue weighted by molar-refractivity contribution is 0.00741. The van der Waals surface area contributed by atoms with Crippen LogP contribution in [0.5, 0.6) is 11.5 Å². The van der Waals surface area contributed by atoms with E-state index >= 15 is 0 Å². The normalized spacial score (nSPS) is 14.9. The van der Waals surface area contributed by atoms with E-state index in [0.29, 0.717) is 21.9 Å². The first kappa shape index (κ1) is 24.4. The fraction of sp³-hybridized carbons (Fsp3) is 0.435. The Morgan fingerprint density at radius 3 is 2.42 bits per heavy atom. The molecule has 0 saturated heterocycles. The van der Waals surface area contributed by atoms with E-state index < -0.39 is 29.7 Å². The van der Waals surface area contributed by atoms with Crippen molar-refractivity contribution < 1.29 is 38.1 Å². The van der Waals surface area contributed by atoms with Gasteiger partial charge in [-0.2, -0.15) is 0 Å². The zero-order chi connectivity index (χ0) is 24.5. The number of hydrogen-bond acceptors (Lipinski definition) is 10. The Bertz CT molecular complexity index is 1100.